The Kier molecular flexibility index (Phi) is 4.98. The van der Waals surface area contributed by atoms with Crippen LogP contribution in [0.25, 0.3) is 0 Å². The molecule has 0 unspecified atom stereocenters. The average molecular weight is 263 g/mol. The molecule has 1 aromatic rings. The molecule has 1 N–H and O–H groups in total. The van der Waals surface area contributed by atoms with Gasteiger partial charge in [-0.25, -0.2) is 0 Å². The molecule has 0 aliphatic carbocycles. The number of carbonyl (C=O) groups excluding carboxylic acids is 1. The molecule has 0 radical (unpaired) electrons. The van der Waals surface area contributed by atoms with Crippen molar-refractivity contribution in [2.45, 2.75) is 46.5 Å². The van der Waals surface area contributed by atoms with Gasteiger partial charge in [0.2, 0.25) is 5.91 Å². The first-order valence-corrected chi connectivity index (χ1v) is 6.89. The summed E-state index contributed by atoms with van der Waals surface area (Å²) in [7, 11) is 0. The molecule has 1 aromatic carbocycles. The molecule has 19 heavy (non-hydrogen) atoms. The van der Waals surface area contributed by atoms with Crippen LogP contribution in [0.1, 0.15) is 45.7 Å². The van der Waals surface area contributed by atoms with Crippen LogP contribution < -0.4 is 0 Å². The molecule has 0 saturated heterocycles. The van der Waals surface area contributed by atoms with E-state index in [9.17, 15) is 9.90 Å². The molecule has 106 valence electrons. The fraction of sp³-hybridized carbons (Fsp3) is 0.562. The summed E-state index contributed by atoms with van der Waals surface area (Å²) in [6, 6.07) is 5.45. The van der Waals surface area contributed by atoms with Gasteiger partial charge in [0.1, 0.15) is 5.75 Å². The number of hydrogen-bond donors (Lipinski definition) is 1. The average Bonchev–Trinajstić information content (AvgIpc) is 2.31. The third-order valence-corrected chi connectivity index (χ3v) is 3.34. The van der Waals surface area contributed by atoms with E-state index in [0.717, 1.165) is 24.2 Å². The highest BCUT2D eigenvalue weighted by Crippen LogP contribution is 2.31. The van der Waals surface area contributed by atoms with Crippen LogP contribution in [-0.4, -0.2) is 29.0 Å². The fourth-order valence-corrected chi connectivity index (χ4v) is 2.16. The van der Waals surface area contributed by atoms with Gasteiger partial charge in [0, 0.05) is 13.1 Å². The lowest BCUT2D eigenvalue weighted by Gasteiger charge is -2.22. The maximum absolute atomic E-state index is 12.1. The van der Waals surface area contributed by atoms with Gasteiger partial charge in [-0.3, -0.25) is 4.79 Å². The summed E-state index contributed by atoms with van der Waals surface area (Å²) in [5.41, 5.74) is 1.72. The number of amides is 1. The van der Waals surface area contributed by atoms with Crippen LogP contribution in [0.3, 0.4) is 0 Å². The molecule has 0 fully saturated rings. The molecule has 0 aromatic heterocycles. The Hall–Kier alpha value is -1.51. The highest BCUT2D eigenvalue weighted by molar-refractivity contribution is 5.78. The van der Waals surface area contributed by atoms with Crippen molar-refractivity contribution in [1.29, 1.82) is 0 Å². The molecular formula is C16H25NO2. The van der Waals surface area contributed by atoms with Crippen LogP contribution in [0.5, 0.6) is 5.75 Å². The van der Waals surface area contributed by atoms with E-state index in [0.29, 0.717) is 12.2 Å². The van der Waals surface area contributed by atoms with Crippen LogP contribution >= 0.6 is 0 Å². The van der Waals surface area contributed by atoms with Gasteiger partial charge in [-0.2, -0.15) is 0 Å². The SMILES string of the molecule is CCN(CC)C(=O)Cc1ccc(O)c(C(C)(C)C)c1. The van der Waals surface area contributed by atoms with E-state index in [1.807, 2.05) is 30.9 Å². The molecule has 1 amide bonds. The van der Waals surface area contributed by atoms with Crippen LogP contribution in [0.15, 0.2) is 18.2 Å². The molecule has 3 nitrogen and oxygen atoms in total. The predicted octanol–water partition coefficient (Wildman–Crippen LogP) is 3.10. The summed E-state index contributed by atoms with van der Waals surface area (Å²) in [6.45, 7) is 11.6. The maximum Gasteiger partial charge on any atom is 0.226 e. The van der Waals surface area contributed by atoms with Crippen molar-refractivity contribution in [3.63, 3.8) is 0 Å². The van der Waals surface area contributed by atoms with Gasteiger partial charge in [-0.1, -0.05) is 32.9 Å². The van der Waals surface area contributed by atoms with Gasteiger partial charge in [-0.05, 0) is 36.5 Å². The van der Waals surface area contributed by atoms with Crippen LogP contribution in [0, 0.1) is 0 Å². The largest absolute Gasteiger partial charge is 0.508 e. The first-order chi connectivity index (χ1) is 8.79. The molecule has 0 aliphatic heterocycles. The molecule has 0 heterocycles. The number of benzene rings is 1. The van der Waals surface area contributed by atoms with E-state index >= 15 is 0 Å². The van der Waals surface area contributed by atoms with Gasteiger partial charge in [0.25, 0.3) is 0 Å². The zero-order valence-corrected chi connectivity index (χ0v) is 12.7. The second kappa shape index (κ2) is 6.09. The van der Waals surface area contributed by atoms with E-state index in [1.165, 1.54) is 0 Å². The molecule has 1 rings (SSSR count). The Morgan fingerprint density at radius 3 is 2.26 bits per heavy atom. The normalized spacial score (nSPS) is 11.4. The van der Waals surface area contributed by atoms with Crippen molar-refractivity contribution in [3.8, 4) is 5.75 Å². The standard InChI is InChI=1S/C16H25NO2/c1-6-17(7-2)15(19)11-12-8-9-14(18)13(10-12)16(3,4)5/h8-10,18H,6-7,11H2,1-5H3. The molecule has 3 heteroatoms. The number of hydrogen-bond acceptors (Lipinski definition) is 2. The minimum atomic E-state index is -0.127. The summed E-state index contributed by atoms with van der Waals surface area (Å²) < 4.78 is 0. The molecule has 0 aliphatic rings. The second-order valence-electron chi connectivity index (χ2n) is 5.84. The van der Waals surface area contributed by atoms with Gasteiger partial charge >= 0.3 is 0 Å². The zero-order valence-electron chi connectivity index (χ0n) is 12.7. The van der Waals surface area contributed by atoms with Gasteiger partial charge in [0.05, 0.1) is 6.42 Å². The Labute approximate surface area is 116 Å². The number of carbonyl (C=O) groups is 1. The van der Waals surface area contributed by atoms with Gasteiger partial charge in [0.15, 0.2) is 0 Å². The highest BCUT2D eigenvalue weighted by atomic mass is 16.3. The Bertz CT molecular complexity index is 443. The van der Waals surface area contributed by atoms with Crippen molar-refractivity contribution in [2.24, 2.45) is 0 Å². The quantitative estimate of drug-likeness (QED) is 0.906. The number of aromatic hydroxyl groups is 1. The van der Waals surface area contributed by atoms with E-state index in [4.69, 9.17) is 0 Å². The smallest absolute Gasteiger partial charge is 0.226 e. The van der Waals surface area contributed by atoms with Crippen molar-refractivity contribution >= 4 is 5.91 Å². The second-order valence-corrected chi connectivity index (χ2v) is 5.84. The topological polar surface area (TPSA) is 40.5 Å². The molecule has 0 atom stereocenters. The number of rotatable bonds is 4. The molecule has 0 bridgehead atoms. The van der Waals surface area contributed by atoms with Gasteiger partial charge in [-0.15, -0.1) is 0 Å². The van der Waals surface area contributed by atoms with Gasteiger partial charge < -0.3 is 10.0 Å². The number of phenols is 1. The summed E-state index contributed by atoms with van der Waals surface area (Å²) in [5, 5.41) is 9.91. The first-order valence-electron chi connectivity index (χ1n) is 6.89. The van der Waals surface area contributed by atoms with Crippen molar-refractivity contribution < 1.29 is 9.90 Å². The summed E-state index contributed by atoms with van der Waals surface area (Å²) in [4.78, 5) is 13.9. The third kappa shape index (κ3) is 3.98. The fourth-order valence-electron chi connectivity index (χ4n) is 2.16. The number of phenolic OH excluding ortho intramolecular Hbond substituents is 1. The maximum atomic E-state index is 12.1. The minimum absolute atomic E-state index is 0.127. The zero-order chi connectivity index (χ0) is 14.6. The van der Waals surface area contributed by atoms with Crippen molar-refractivity contribution in [3.05, 3.63) is 29.3 Å². The minimum Gasteiger partial charge on any atom is -0.508 e. The lowest BCUT2D eigenvalue weighted by molar-refractivity contribution is -0.130. The molecule has 0 saturated carbocycles. The molecule has 0 spiro atoms. The third-order valence-electron chi connectivity index (χ3n) is 3.34. The Balaban J connectivity index is 2.95. The van der Waals surface area contributed by atoms with Crippen LogP contribution in [0.2, 0.25) is 0 Å². The number of nitrogens with zero attached hydrogens (tertiary/aromatic N) is 1. The van der Waals surface area contributed by atoms with Crippen molar-refractivity contribution in [1.82, 2.24) is 4.90 Å². The number of likely N-dealkylation sites (N-methyl/N-ethyl adjacent to an activating group) is 1. The van der Waals surface area contributed by atoms with E-state index in [-0.39, 0.29) is 11.3 Å². The van der Waals surface area contributed by atoms with Crippen molar-refractivity contribution in [2.75, 3.05) is 13.1 Å². The molecular weight excluding hydrogens is 238 g/mol. The Morgan fingerprint density at radius 2 is 1.79 bits per heavy atom. The summed E-state index contributed by atoms with van der Waals surface area (Å²) in [6.07, 6.45) is 0.394. The van der Waals surface area contributed by atoms with E-state index < -0.39 is 0 Å². The summed E-state index contributed by atoms with van der Waals surface area (Å²) in [5.74, 6) is 0.432. The highest BCUT2D eigenvalue weighted by Gasteiger charge is 2.19. The summed E-state index contributed by atoms with van der Waals surface area (Å²) >= 11 is 0. The monoisotopic (exact) mass is 263 g/mol. The Morgan fingerprint density at radius 1 is 1.21 bits per heavy atom. The van der Waals surface area contributed by atoms with E-state index in [1.54, 1.807) is 6.07 Å². The lowest BCUT2D eigenvalue weighted by atomic mass is 9.85. The van der Waals surface area contributed by atoms with Crippen LogP contribution in [-0.2, 0) is 16.6 Å². The van der Waals surface area contributed by atoms with E-state index in [2.05, 4.69) is 20.8 Å². The first kappa shape index (κ1) is 15.5. The predicted molar refractivity (Wildman–Crippen MR) is 78.4 cm³/mol. The van der Waals surface area contributed by atoms with Crippen LogP contribution in [0.4, 0.5) is 0 Å². The lowest BCUT2D eigenvalue weighted by Crippen LogP contribution is -2.31.